The van der Waals surface area contributed by atoms with Crippen molar-refractivity contribution in [2.24, 2.45) is 0 Å². The Kier molecular flexibility index (Phi) is 9.55. The van der Waals surface area contributed by atoms with E-state index in [0.717, 1.165) is 24.4 Å². The molecular formula is C25H24F5N5O3. The third-order valence-electron chi connectivity index (χ3n) is 5.08. The van der Waals surface area contributed by atoms with Crippen LogP contribution in [0.5, 0.6) is 5.75 Å². The Balaban J connectivity index is 2.01. The van der Waals surface area contributed by atoms with Crippen LogP contribution in [0.1, 0.15) is 5.69 Å². The van der Waals surface area contributed by atoms with Crippen molar-refractivity contribution in [1.29, 1.82) is 0 Å². The van der Waals surface area contributed by atoms with Crippen LogP contribution in [0, 0.1) is 5.82 Å². The van der Waals surface area contributed by atoms with Crippen LogP contribution in [0.4, 0.5) is 39.3 Å². The Hall–Kier alpha value is -4.26. The van der Waals surface area contributed by atoms with Crippen LogP contribution in [0.2, 0.25) is 0 Å². The molecule has 2 N–H and O–H groups in total. The maximum absolute atomic E-state index is 14.5. The van der Waals surface area contributed by atoms with Gasteiger partial charge in [0.25, 0.3) is 0 Å². The van der Waals surface area contributed by atoms with Crippen LogP contribution in [0.15, 0.2) is 67.7 Å². The van der Waals surface area contributed by atoms with E-state index in [1.807, 2.05) is 0 Å². The number of alkyl halides is 3. The van der Waals surface area contributed by atoms with Gasteiger partial charge in [-0.1, -0.05) is 19.2 Å². The number of carbonyl (C=O) groups excluding carboxylic acids is 1. The van der Waals surface area contributed by atoms with Crippen LogP contribution in [0.25, 0.3) is 5.57 Å². The number of allylic oxidation sites excluding steroid dienone is 4. The van der Waals surface area contributed by atoms with Gasteiger partial charge in [-0.2, -0.15) is 0 Å². The number of amides is 1. The average Bonchev–Trinajstić information content (AvgIpc) is 2.89. The van der Waals surface area contributed by atoms with Crippen molar-refractivity contribution in [3.05, 3.63) is 79.2 Å². The molecule has 38 heavy (non-hydrogen) atoms. The smallest absolute Gasteiger partial charge is 0.402 e. The zero-order chi connectivity index (χ0) is 27.7. The molecule has 0 aliphatic carbocycles. The Bertz CT molecular complexity index is 1240. The van der Waals surface area contributed by atoms with E-state index in [1.165, 1.54) is 24.3 Å². The van der Waals surface area contributed by atoms with Gasteiger partial charge in [0.1, 0.15) is 17.3 Å². The predicted octanol–water partition coefficient (Wildman–Crippen LogP) is 4.82. The lowest BCUT2D eigenvalue weighted by molar-refractivity contribution is -0.274. The van der Waals surface area contributed by atoms with Crippen molar-refractivity contribution in [3.8, 4) is 5.75 Å². The molecule has 0 spiro atoms. The number of nitrogens with one attached hydrogen (secondary N) is 2. The highest BCUT2D eigenvalue weighted by atomic mass is 19.4. The minimum absolute atomic E-state index is 0.162. The van der Waals surface area contributed by atoms with E-state index in [1.54, 1.807) is 4.90 Å². The van der Waals surface area contributed by atoms with Gasteiger partial charge in [-0.3, -0.25) is 4.79 Å². The lowest BCUT2D eigenvalue weighted by Crippen LogP contribution is -2.36. The van der Waals surface area contributed by atoms with E-state index in [2.05, 4.69) is 38.5 Å². The van der Waals surface area contributed by atoms with E-state index >= 15 is 0 Å². The number of morpholine rings is 1. The summed E-state index contributed by atoms with van der Waals surface area (Å²) in [4.78, 5) is 21.2. The summed E-state index contributed by atoms with van der Waals surface area (Å²) in [5.74, 6) is -2.90. The number of nitrogens with zero attached hydrogens (tertiary/aromatic N) is 3. The van der Waals surface area contributed by atoms with Crippen molar-refractivity contribution >= 4 is 28.8 Å². The lowest BCUT2D eigenvalue weighted by Gasteiger charge is -2.29. The molecule has 0 atom stereocenters. The van der Waals surface area contributed by atoms with E-state index in [9.17, 15) is 26.7 Å². The first-order valence-electron chi connectivity index (χ1n) is 11.2. The summed E-state index contributed by atoms with van der Waals surface area (Å²) in [7, 11) is 0. The Morgan fingerprint density at radius 2 is 1.95 bits per heavy atom. The molecule has 1 fully saturated rings. The van der Waals surface area contributed by atoms with Crippen molar-refractivity contribution in [2.75, 3.05) is 43.1 Å². The molecule has 1 saturated heterocycles. The van der Waals surface area contributed by atoms with Crippen LogP contribution in [-0.4, -0.2) is 55.1 Å². The number of anilines is 3. The molecule has 0 saturated carbocycles. The van der Waals surface area contributed by atoms with Crippen molar-refractivity contribution in [3.63, 3.8) is 0 Å². The first kappa shape index (κ1) is 28.3. The number of halogens is 5. The molecule has 1 amide bonds. The summed E-state index contributed by atoms with van der Waals surface area (Å²) in [6.07, 6.45) is -0.398. The molecule has 0 radical (unpaired) electrons. The summed E-state index contributed by atoms with van der Waals surface area (Å²) < 4.78 is 77.2. The molecule has 1 aromatic heterocycles. The number of hydrogen-bond donors (Lipinski definition) is 2. The van der Waals surface area contributed by atoms with Gasteiger partial charge >= 0.3 is 6.36 Å². The van der Waals surface area contributed by atoms with E-state index in [0.29, 0.717) is 37.7 Å². The van der Waals surface area contributed by atoms with E-state index in [-0.39, 0.29) is 18.1 Å². The molecule has 1 aliphatic rings. The third-order valence-corrected chi connectivity index (χ3v) is 5.08. The fraction of sp³-hybridized carbons (Fsp3) is 0.240. The van der Waals surface area contributed by atoms with Gasteiger partial charge in [0.05, 0.1) is 25.1 Å². The fourth-order valence-corrected chi connectivity index (χ4v) is 3.37. The topological polar surface area (TPSA) is 88.6 Å². The van der Waals surface area contributed by atoms with Gasteiger partial charge in [0, 0.05) is 30.9 Å². The van der Waals surface area contributed by atoms with Crippen LogP contribution in [0.3, 0.4) is 0 Å². The first-order valence-corrected chi connectivity index (χ1v) is 11.2. The third kappa shape index (κ3) is 8.13. The minimum Gasteiger partial charge on any atom is -0.402 e. The highest BCUT2D eigenvalue weighted by Crippen LogP contribution is 2.32. The standard InChI is InChI=1S/C25H24F5N5O3/c1-3-17(26)13-16(7-8-31-22(36)4-2)23-21(38-25(28,29)30)15-32-24(34-23)33-18-5-6-19(27)20(14-18)35-9-11-37-12-10-35/h3-7,13-15H,1-2,8-12H2,(H,31,36)(H,32,33,34)/b16-7+,17-13+. The summed E-state index contributed by atoms with van der Waals surface area (Å²) in [5.41, 5.74) is 0.0507. The van der Waals surface area contributed by atoms with E-state index < -0.39 is 35.4 Å². The van der Waals surface area contributed by atoms with Gasteiger partial charge < -0.3 is 25.0 Å². The summed E-state index contributed by atoms with van der Waals surface area (Å²) in [6.45, 7) is 8.21. The first-order chi connectivity index (χ1) is 18.1. The molecule has 3 rings (SSSR count). The van der Waals surface area contributed by atoms with Gasteiger partial charge in [0.2, 0.25) is 11.9 Å². The number of carbonyl (C=O) groups is 1. The van der Waals surface area contributed by atoms with Crippen molar-refractivity contribution in [2.45, 2.75) is 6.36 Å². The zero-order valence-corrected chi connectivity index (χ0v) is 20.0. The van der Waals surface area contributed by atoms with Crippen molar-refractivity contribution < 1.29 is 36.2 Å². The molecule has 1 aliphatic heterocycles. The predicted molar refractivity (Wildman–Crippen MR) is 132 cm³/mol. The SMILES string of the molecule is C=CC(=O)NC/C=C(\C=C(\F)C=C)c1nc(Nc2ccc(F)c(N3CCOCC3)c2)ncc1OC(F)(F)F. The highest BCUT2D eigenvalue weighted by molar-refractivity contribution is 5.87. The van der Waals surface area contributed by atoms with Gasteiger partial charge in [-0.25, -0.2) is 18.7 Å². The number of ether oxygens (including phenoxy) is 2. The van der Waals surface area contributed by atoms with Crippen molar-refractivity contribution in [1.82, 2.24) is 15.3 Å². The molecule has 2 aromatic rings. The highest BCUT2D eigenvalue weighted by Gasteiger charge is 2.33. The molecule has 1 aromatic carbocycles. The molecule has 0 unspecified atom stereocenters. The second kappa shape index (κ2) is 12.8. The summed E-state index contributed by atoms with van der Waals surface area (Å²) in [6, 6.07) is 4.13. The monoisotopic (exact) mass is 537 g/mol. The van der Waals surface area contributed by atoms with Crippen LogP contribution >= 0.6 is 0 Å². The minimum atomic E-state index is -5.10. The number of aromatic nitrogens is 2. The van der Waals surface area contributed by atoms with Gasteiger partial charge in [0.15, 0.2) is 5.75 Å². The molecule has 8 nitrogen and oxygen atoms in total. The number of benzene rings is 1. The Morgan fingerprint density at radius 3 is 2.61 bits per heavy atom. The number of hydrogen-bond acceptors (Lipinski definition) is 7. The Labute approximate surface area is 215 Å². The quantitative estimate of drug-likeness (QED) is 0.255. The summed E-state index contributed by atoms with van der Waals surface area (Å²) >= 11 is 0. The molecule has 202 valence electrons. The fourth-order valence-electron chi connectivity index (χ4n) is 3.37. The molecule has 0 bridgehead atoms. The largest absolute Gasteiger partial charge is 0.573 e. The summed E-state index contributed by atoms with van der Waals surface area (Å²) in [5, 5.41) is 5.22. The average molecular weight is 537 g/mol. The maximum Gasteiger partial charge on any atom is 0.573 e. The lowest BCUT2D eigenvalue weighted by atomic mass is 10.1. The second-order valence-electron chi connectivity index (χ2n) is 7.69. The maximum atomic E-state index is 14.5. The normalized spacial score (nSPS) is 14.6. The molecule has 2 heterocycles. The van der Waals surface area contributed by atoms with Gasteiger partial charge in [-0.05, 0) is 36.4 Å². The van der Waals surface area contributed by atoms with Crippen LogP contribution < -0.4 is 20.3 Å². The number of rotatable bonds is 10. The van der Waals surface area contributed by atoms with Gasteiger partial charge in [-0.15, -0.1) is 13.2 Å². The molecule has 13 heteroatoms. The zero-order valence-electron chi connectivity index (χ0n) is 20.0. The second-order valence-corrected chi connectivity index (χ2v) is 7.69. The van der Waals surface area contributed by atoms with Crippen LogP contribution in [-0.2, 0) is 9.53 Å². The van der Waals surface area contributed by atoms with E-state index in [4.69, 9.17) is 4.74 Å². The Morgan fingerprint density at radius 1 is 1.21 bits per heavy atom. The molecular weight excluding hydrogens is 513 g/mol.